The van der Waals surface area contributed by atoms with E-state index in [1.807, 2.05) is 60.7 Å². The second kappa shape index (κ2) is 49.7. The molecule has 0 amide bonds. The Morgan fingerprint density at radius 3 is 0.483 bits per heavy atom. The fourth-order valence-corrected chi connectivity index (χ4v) is 23.4. The van der Waals surface area contributed by atoms with Gasteiger partial charge in [-0.3, -0.25) is 11.8 Å². The van der Waals surface area contributed by atoms with Gasteiger partial charge in [-0.2, -0.15) is 10.5 Å². The SMILES string of the molecule is CC#N.CC#N.[C-]#Cc1ccccc1.[C-]#Cc1ccccc1.[Cu+2].[Cu+].[O-][Cl+3]([O-])([O-])[O-].[O-][Cl+3]([O-])([O-])[O-].[Pt].c1ccc([PH+](C[PH+](c2ccccc2)c2ccccc2)c2ccccc2)cc1.c1ccc([PH+](C[PH+](c2ccccc2)c2ccccc2)c2ccccc2)cc1. The van der Waals surface area contributed by atoms with Gasteiger partial charge in [-0.15, -0.1) is 55.9 Å². The number of benzene rings is 10. The van der Waals surface area contributed by atoms with E-state index in [2.05, 4.69) is 254 Å². The average molecular weight is 1580 g/mol. The summed E-state index contributed by atoms with van der Waals surface area (Å²) in [5.74, 6) is 7.05. The molecule has 0 unspecified atom stereocenters. The molecule has 1 radical (unpaired) electrons. The van der Waals surface area contributed by atoms with Crippen molar-refractivity contribution in [2.75, 3.05) is 11.8 Å². The minimum Gasteiger partial charge on any atom is -0.366 e. The summed E-state index contributed by atoms with van der Waals surface area (Å²) in [4.78, 5) is 0. The number of halogens is 2. The van der Waals surface area contributed by atoms with Gasteiger partial charge in [0.2, 0.25) is 0 Å². The van der Waals surface area contributed by atoms with Crippen LogP contribution in [-0.4, -0.2) is 11.8 Å². The maximum absolute atomic E-state index is 8.49. The van der Waals surface area contributed by atoms with Crippen molar-refractivity contribution in [2.24, 2.45) is 0 Å². The molecule has 10 aromatic rings. The Labute approximate surface area is 569 Å². The molecule has 0 aliphatic heterocycles. The van der Waals surface area contributed by atoms with Crippen LogP contribution in [0.2, 0.25) is 0 Å². The number of hydrogen-bond donors (Lipinski definition) is 0. The number of rotatable bonds is 12. The van der Waals surface area contributed by atoms with E-state index in [0.717, 1.165) is 11.1 Å². The second-order valence-electron chi connectivity index (χ2n) is 17.4. The monoisotopic (exact) mass is 1580 g/mol. The van der Waals surface area contributed by atoms with Crippen LogP contribution in [0.15, 0.2) is 303 Å². The molecule has 0 aliphatic rings. The van der Waals surface area contributed by atoms with Crippen LogP contribution in [0.1, 0.15) is 25.0 Å². The first-order valence-corrected chi connectivity index (χ1v) is 35.5. The molecular formula is C70H64Cl2Cu2N2O8P4Pt+3. The Kier molecular flexibility index (Phi) is 46.4. The molecule has 10 nitrogen and oxygen atoms in total. The Morgan fingerprint density at radius 2 is 0.393 bits per heavy atom. The topological polar surface area (TPSA) is 232 Å². The van der Waals surface area contributed by atoms with E-state index >= 15 is 0 Å². The predicted molar refractivity (Wildman–Crippen MR) is 340 cm³/mol. The van der Waals surface area contributed by atoms with Crippen molar-refractivity contribution in [1.82, 2.24) is 0 Å². The van der Waals surface area contributed by atoms with E-state index in [4.69, 9.17) is 60.6 Å². The van der Waals surface area contributed by atoms with E-state index in [0.29, 0.717) is 0 Å². The molecule has 0 N–H and O–H groups in total. The van der Waals surface area contributed by atoms with Crippen molar-refractivity contribution < 1.29 is 113 Å². The maximum Gasteiger partial charge on any atom is 2.00 e. The molecule has 0 bridgehead atoms. The second-order valence-corrected chi connectivity index (χ2v) is 30.2. The zero-order chi connectivity index (χ0) is 62.7. The molecule has 0 aromatic heterocycles. The van der Waals surface area contributed by atoms with Crippen LogP contribution in [0.4, 0.5) is 0 Å². The quantitative estimate of drug-likeness (QED) is 0.0735. The van der Waals surface area contributed by atoms with Crippen LogP contribution in [0.25, 0.3) is 0 Å². The van der Waals surface area contributed by atoms with Crippen LogP contribution in [0.3, 0.4) is 0 Å². The van der Waals surface area contributed by atoms with Gasteiger partial charge < -0.3 is 12.8 Å². The van der Waals surface area contributed by atoms with Gasteiger partial charge in [0.05, 0.1) is 12.1 Å². The average Bonchev–Trinajstić information content (AvgIpc) is 2.36. The van der Waals surface area contributed by atoms with Gasteiger partial charge in [0.1, 0.15) is 74.1 Å². The van der Waals surface area contributed by atoms with Gasteiger partial charge in [-0.1, -0.05) is 182 Å². The Bertz CT molecular complexity index is 2950. The smallest absolute Gasteiger partial charge is 0.366 e. The Hall–Kier alpha value is -5.99. The summed E-state index contributed by atoms with van der Waals surface area (Å²) in [5.41, 5.74) is 1.65. The minimum atomic E-state index is -4.94. The normalized spacial score (nSPS) is 9.64. The van der Waals surface area contributed by atoms with Crippen molar-refractivity contribution in [1.29, 1.82) is 10.5 Å². The summed E-state index contributed by atoms with van der Waals surface area (Å²) in [7, 11) is -13.3. The molecule has 0 spiro atoms. The Balaban J connectivity index is 0.00000115. The van der Waals surface area contributed by atoms with Crippen molar-refractivity contribution in [3.63, 3.8) is 0 Å². The van der Waals surface area contributed by atoms with Gasteiger partial charge in [0.15, 0.2) is 11.8 Å². The zero-order valence-electron chi connectivity index (χ0n) is 48.1. The third kappa shape index (κ3) is 37.7. The molecular weight excluding hydrogens is 1510 g/mol. The molecule has 19 heteroatoms. The fraction of sp³-hybridized carbons (Fsp3) is 0.0571. The zero-order valence-corrected chi connectivity index (χ0v) is 57.8. The molecule has 10 aromatic carbocycles. The summed E-state index contributed by atoms with van der Waals surface area (Å²) in [6, 6.07) is 111. The van der Waals surface area contributed by atoms with Gasteiger partial charge in [-0.05, 0) is 97.1 Å². The summed E-state index contributed by atoms with van der Waals surface area (Å²) in [6.07, 6.45) is 13.4. The van der Waals surface area contributed by atoms with Crippen LogP contribution in [0.5, 0.6) is 0 Å². The largest absolute Gasteiger partial charge is 2.00 e. The number of hydrogen-bond acceptors (Lipinski definition) is 10. The van der Waals surface area contributed by atoms with Crippen molar-refractivity contribution in [3.8, 4) is 24.0 Å². The standard InChI is InChI=1S/2C25H22P2.2C8H5.2C2H3N.2ClHO4.2Cu.Pt/c2*1-5-13-22(14-6-1)26(23-15-7-2-8-16-23)21-27(24-17-9-3-10-18-24)25-19-11-4-12-20-25;2*1-2-8-6-4-3-5-7-8;2*1-2-3;2*2-1(3,4)5;;;/h2*1-20H,21H2;2*3-7H;2*1H3;2*(H,2,3,4,5);;;/q;;2*-1;;;;;+1;+2;/p+2. The van der Waals surface area contributed by atoms with E-state index in [1.54, 1.807) is 12.1 Å². The van der Waals surface area contributed by atoms with E-state index in [-0.39, 0.29) is 55.2 Å². The molecule has 0 saturated carbocycles. The minimum absolute atomic E-state index is 0. The number of nitrogens with zero attached hydrogens (tertiary/aromatic N) is 2. The molecule has 0 heterocycles. The molecule has 0 aliphatic carbocycles. The third-order valence-corrected chi connectivity index (χ3v) is 25.4. The predicted octanol–water partition coefficient (Wildman–Crippen LogP) is 4.14. The summed E-state index contributed by atoms with van der Waals surface area (Å²) in [6.45, 7) is 2.86. The van der Waals surface area contributed by atoms with Crippen molar-refractivity contribution >= 4 is 74.1 Å². The molecule has 0 fully saturated rings. The third-order valence-electron chi connectivity index (χ3n) is 11.5. The molecule has 89 heavy (non-hydrogen) atoms. The van der Waals surface area contributed by atoms with Crippen LogP contribution in [-0.2, 0) is 55.2 Å². The van der Waals surface area contributed by atoms with E-state index in [9.17, 15) is 0 Å². The molecule has 10 rings (SSSR count). The summed E-state index contributed by atoms with van der Waals surface area (Å²) in [5, 5.41) is 26.7. The summed E-state index contributed by atoms with van der Waals surface area (Å²) < 4.78 is 67.9. The van der Waals surface area contributed by atoms with Gasteiger partial charge in [-0.25, -0.2) is 37.3 Å². The van der Waals surface area contributed by atoms with Gasteiger partial charge in [0, 0.05) is 34.9 Å². The fourth-order valence-electron chi connectivity index (χ4n) is 7.99. The first-order valence-electron chi connectivity index (χ1n) is 26.2. The van der Waals surface area contributed by atoms with Crippen LogP contribution < -0.4 is 79.7 Å². The van der Waals surface area contributed by atoms with E-state index in [1.165, 1.54) is 68.1 Å². The van der Waals surface area contributed by atoms with Gasteiger partial charge >= 0.3 is 34.1 Å². The molecule has 465 valence electrons. The van der Waals surface area contributed by atoms with Crippen LogP contribution >= 0.6 is 31.7 Å². The number of nitriles is 2. The maximum atomic E-state index is 8.49. The van der Waals surface area contributed by atoms with Crippen LogP contribution in [0, 0.1) is 67.8 Å². The first kappa shape index (κ1) is 83.0. The van der Waals surface area contributed by atoms with Crippen molar-refractivity contribution in [3.05, 3.63) is 327 Å². The van der Waals surface area contributed by atoms with Gasteiger partial charge in [0.25, 0.3) is 0 Å². The van der Waals surface area contributed by atoms with Crippen molar-refractivity contribution in [2.45, 2.75) is 13.8 Å². The summed E-state index contributed by atoms with van der Waals surface area (Å²) >= 11 is 0. The van der Waals surface area contributed by atoms with E-state index < -0.39 is 52.2 Å². The molecule has 0 saturated heterocycles. The first-order chi connectivity index (χ1) is 41.5. The molecule has 0 atom stereocenters. The Morgan fingerprint density at radius 1 is 0.292 bits per heavy atom.